The van der Waals surface area contributed by atoms with Gasteiger partial charge < -0.3 is 0 Å². The third-order valence-corrected chi connectivity index (χ3v) is 7.01. The molecule has 1 saturated carbocycles. The first-order valence-electron chi connectivity index (χ1n) is 10.4. The third-order valence-electron chi connectivity index (χ3n) is 5.17. The number of thiazole rings is 1. The van der Waals surface area contributed by atoms with Crippen molar-refractivity contribution in [2.45, 2.75) is 36.6 Å². The van der Waals surface area contributed by atoms with Crippen molar-refractivity contribution in [3.63, 3.8) is 0 Å². The van der Waals surface area contributed by atoms with Gasteiger partial charge in [0.1, 0.15) is 23.1 Å². The number of thioether (sulfide) groups is 1. The predicted molar refractivity (Wildman–Crippen MR) is 124 cm³/mol. The van der Waals surface area contributed by atoms with Gasteiger partial charge in [0.2, 0.25) is 5.91 Å². The van der Waals surface area contributed by atoms with Gasteiger partial charge in [-0.15, -0.1) is 21.5 Å². The lowest BCUT2D eigenvalue weighted by Gasteiger charge is -2.19. The highest BCUT2D eigenvalue weighted by Gasteiger charge is 2.31. The minimum Gasteiger partial charge on any atom is -0.274 e. The van der Waals surface area contributed by atoms with Gasteiger partial charge in [0.05, 0.1) is 5.69 Å². The lowest BCUT2D eigenvalue weighted by atomic mass is 10.2. The molecule has 0 saturated heterocycles. The number of amides is 1. The molecule has 0 radical (unpaired) electrons. The summed E-state index contributed by atoms with van der Waals surface area (Å²) in [5.41, 5.74) is 1.26. The van der Waals surface area contributed by atoms with Gasteiger partial charge in [-0.25, -0.2) is 13.8 Å². The summed E-state index contributed by atoms with van der Waals surface area (Å²) < 4.78 is 30.7. The first kappa shape index (κ1) is 21.7. The maximum atomic E-state index is 14.3. The van der Waals surface area contributed by atoms with E-state index in [9.17, 15) is 13.6 Å². The molecule has 1 aliphatic rings. The van der Waals surface area contributed by atoms with Crippen molar-refractivity contribution in [1.82, 2.24) is 19.7 Å². The molecule has 6 nitrogen and oxygen atoms in total. The van der Waals surface area contributed by atoms with Crippen LogP contribution in [-0.2, 0) is 10.5 Å². The summed E-state index contributed by atoms with van der Waals surface area (Å²) in [5, 5.41) is 11.6. The largest absolute Gasteiger partial charge is 0.274 e. The lowest BCUT2D eigenvalue weighted by molar-refractivity contribution is -0.115. The molecule has 0 bridgehead atoms. The SMILES string of the molecule is CC(=O)N(c1nc(CSc2nnc(C3CC3)n2-c2ccccc2)cs1)c1c(F)cccc1F. The number of rotatable bonds is 7. The van der Waals surface area contributed by atoms with E-state index in [1.54, 1.807) is 5.38 Å². The van der Waals surface area contributed by atoms with E-state index in [1.165, 1.54) is 24.8 Å². The first-order valence-corrected chi connectivity index (χ1v) is 12.2. The summed E-state index contributed by atoms with van der Waals surface area (Å²) in [6.45, 7) is 1.25. The van der Waals surface area contributed by atoms with Crippen molar-refractivity contribution in [3.05, 3.63) is 77.1 Å². The lowest BCUT2D eigenvalue weighted by Crippen LogP contribution is -2.24. The summed E-state index contributed by atoms with van der Waals surface area (Å²) in [7, 11) is 0. The van der Waals surface area contributed by atoms with Gasteiger partial charge in [-0.05, 0) is 37.1 Å². The Morgan fingerprint density at radius 3 is 2.52 bits per heavy atom. The Hall–Kier alpha value is -3.11. The molecular formula is C23H19F2N5OS2. The van der Waals surface area contributed by atoms with E-state index >= 15 is 0 Å². The van der Waals surface area contributed by atoms with E-state index in [0.717, 1.165) is 57.9 Å². The Kier molecular flexibility index (Phi) is 5.94. The topological polar surface area (TPSA) is 63.9 Å². The second-order valence-corrected chi connectivity index (χ2v) is 9.40. The van der Waals surface area contributed by atoms with Crippen LogP contribution in [0.4, 0.5) is 19.6 Å². The summed E-state index contributed by atoms with van der Waals surface area (Å²) >= 11 is 2.64. The zero-order valence-corrected chi connectivity index (χ0v) is 19.2. The molecule has 0 aliphatic heterocycles. The first-order chi connectivity index (χ1) is 16.0. The fourth-order valence-electron chi connectivity index (χ4n) is 3.49. The van der Waals surface area contributed by atoms with Crippen LogP contribution < -0.4 is 4.90 Å². The van der Waals surface area contributed by atoms with Gasteiger partial charge in [-0.2, -0.15) is 0 Å². The molecule has 0 N–H and O–H groups in total. The van der Waals surface area contributed by atoms with Crippen molar-refractivity contribution in [1.29, 1.82) is 0 Å². The number of carbonyl (C=O) groups excluding carboxylic acids is 1. The van der Waals surface area contributed by atoms with E-state index in [1.807, 2.05) is 30.3 Å². The Morgan fingerprint density at radius 2 is 1.85 bits per heavy atom. The standard InChI is InChI=1S/C23H19F2N5OS2/c1-14(31)29(20-18(24)8-5-9-19(20)25)22-26-16(12-32-22)13-33-23-28-27-21(15-10-11-15)30(23)17-6-3-2-4-7-17/h2-9,12,15H,10-11,13H2,1H3. The van der Waals surface area contributed by atoms with Crippen LogP contribution in [0.2, 0.25) is 0 Å². The highest BCUT2D eigenvalue weighted by molar-refractivity contribution is 7.98. The summed E-state index contributed by atoms with van der Waals surface area (Å²) in [5.74, 6) is -0.305. The molecular weight excluding hydrogens is 464 g/mol. The number of hydrogen-bond acceptors (Lipinski definition) is 6. The molecule has 2 aromatic carbocycles. The van der Waals surface area contributed by atoms with E-state index in [-0.39, 0.29) is 5.13 Å². The van der Waals surface area contributed by atoms with Crippen LogP contribution in [0.5, 0.6) is 0 Å². The molecule has 168 valence electrons. The van der Waals surface area contributed by atoms with Crippen LogP contribution in [0, 0.1) is 11.6 Å². The average Bonchev–Trinajstić information content (AvgIpc) is 3.39. The van der Waals surface area contributed by atoms with E-state index in [0.29, 0.717) is 17.4 Å². The summed E-state index contributed by atoms with van der Waals surface area (Å²) in [6.07, 6.45) is 2.22. The van der Waals surface area contributed by atoms with Crippen molar-refractivity contribution in [2.75, 3.05) is 4.90 Å². The van der Waals surface area contributed by atoms with Crippen LogP contribution in [-0.4, -0.2) is 25.7 Å². The monoisotopic (exact) mass is 483 g/mol. The van der Waals surface area contributed by atoms with Crippen LogP contribution >= 0.6 is 23.1 Å². The highest BCUT2D eigenvalue weighted by Crippen LogP contribution is 2.41. The highest BCUT2D eigenvalue weighted by atomic mass is 32.2. The van der Waals surface area contributed by atoms with Crippen molar-refractivity contribution in [3.8, 4) is 5.69 Å². The molecule has 5 rings (SSSR count). The number of anilines is 2. The third kappa shape index (κ3) is 4.40. The molecule has 33 heavy (non-hydrogen) atoms. The molecule has 0 unspecified atom stereocenters. The van der Waals surface area contributed by atoms with Crippen LogP contribution in [0.15, 0.2) is 59.1 Å². The molecule has 2 heterocycles. The number of benzene rings is 2. The minimum atomic E-state index is -0.820. The van der Waals surface area contributed by atoms with Gasteiger partial charge in [0, 0.05) is 29.7 Å². The molecule has 1 fully saturated rings. The Morgan fingerprint density at radius 1 is 1.12 bits per heavy atom. The molecule has 4 aromatic rings. The number of halogens is 2. The van der Waals surface area contributed by atoms with Crippen LogP contribution in [0.3, 0.4) is 0 Å². The minimum absolute atomic E-state index is 0.213. The quantitative estimate of drug-likeness (QED) is 0.308. The summed E-state index contributed by atoms with van der Waals surface area (Å²) in [6, 6.07) is 13.5. The average molecular weight is 484 g/mol. The Bertz CT molecular complexity index is 1280. The molecule has 10 heteroatoms. The molecule has 1 amide bonds. The zero-order valence-electron chi connectivity index (χ0n) is 17.6. The predicted octanol–water partition coefficient (Wildman–Crippen LogP) is 5.86. The fraction of sp³-hybridized carbons (Fsp3) is 0.217. The second kappa shape index (κ2) is 9.03. The number of hydrogen-bond donors (Lipinski definition) is 0. The van der Waals surface area contributed by atoms with E-state index < -0.39 is 23.2 Å². The van der Waals surface area contributed by atoms with Crippen molar-refractivity contribution >= 4 is 39.8 Å². The zero-order chi connectivity index (χ0) is 22.9. The number of para-hydroxylation sites is 2. The second-order valence-electron chi connectivity index (χ2n) is 7.62. The smallest absolute Gasteiger partial charge is 0.230 e. The van der Waals surface area contributed by atoms with Crippen molar-refractivity contribution < 1.29 is 13.6 Å². The number of aromatic nitrogens is 4. The van der Waals surface area contributed by atoms with E-state index in [2.05, 4.69) is 19.7 Å². The fourth-order valence-corrected chi connectivity index (χ4v) is 5.32. The molecule has 1 aliphatic carbocycles. The summed E-state index contributed by atoms with van der Waals surface area (Å²) in [4.78, 5) is 17.7. The van der Waals surface area contributed by atoms with Crippen LogP contribution in [0.25, 0.3) is 5.69 Å². The Labute approximate surface area is 197 Å². The maximum Gasteiger partial charge on any atom is 0.230 e. The van der Waals surface area contributed by atoms with Gasteiger partial charge in [-0.3, -0.25) is 14.3 Å². The maximum absolute atomic E-state index is 14.3. The van der Waals surface area contributed by atoms with Gasteiger partial charge in [-0.1, -0.05) is 36.0 Å². The number of nitrogens with zero attached hydrogens (tertiary/aromatic N) is 5. The van der Waals surface area contributed by atoms with Crippen molar-refractivity contribution in [2.24, 2.45) is 0 Å². The normalized spacial score (nSPS) is 13.3. The van der Waals surface area contributed by atoms with Gasteiger partial charge in [0.25, 0.3) is 0 Å². The molecule has 0 atom stereocenters. The van der Waals surface area contributed by atoms with E-state index in [4.69, 9.17) is 0 Å². The molecule has 2 aromatic heterocycles. The number of carbonyl (C=O) groups is 1. The van der Waals surface area contributed by atoms with Gasteiger partial charge in [0.15, 0.2) is 10.3 Å². The van der Waals surface area contributed by atoms with Crippen LogP contribution in [0.1, 0.15) is 37.2 Å². The Balaban J connectivity index is 1.40. The molecule has 0 spiro atoms. The van der Waals surface area contributed by atoms with Gasteiger partial charge >= 0.3 is 0 Å².